The van der Waals surface area contributed by atoms with Crippen LogP contribution in [0, 0.1) is 5.82 Å². The van der Waals surface area contributed by atoms with E-state index in [-0.39, 0.29) is 11.5 Å². The molecule has 0 radical (unpaired) electrons. The lowest BCUT2D eigenvalue weighted by atomic mass is 10.1. The predicted molar refractivity (Wildman–Crippen MR) is 125 cm³/mol. The largest absolute Gasteiger partial charge is 0.383 e. The fourth-order valence-corrected chi connectivity index (χ4v) is 3.82. The Bertz CT molecular complexity index is 1320. The maximum absolute atomic E-state index is 13.6. The van der Waals surface area contributed by atoms with Crippen LogP contribution in [0.4, 0.5) is 4.39 Å². The normalized spacial score (nSPS) is 12.0. The number of fused-ring (bicyclic) bond motifs is 1. The number of carbonyl (C=O) groups excluding carboxylic acids is 1. The molecule has 4 rings (SSSR count). The van der Waals surface area contributed by atoms with Gasteiger partial charge >= 0.3 is 0 Å². The Kier molecular flexibility index (Phi) is 6.60. The van der Waals surface area contributed by atoms with Crippen LogP contribution in [-0.4, -0.2) is 40.6 Å². The molecule has 1 aromatic heterocycles. The molecule has 0 fully saturated rings. The van der Waals surface area contributed by atoms with Crippen LogP contribution in [0.3, 0.4) is 0 Å². The first-order valence-electron chi connectivity index (χ1n) is 10.6. The summed E-state index contributed by atoms with van der Waals surface area (Å²) in [5.41, 5.74) is 1.24. The van der Waals surface area contributed by atoms with Crippen LogP contribution >= 0.6 is 0 Å². The number of amides is 1. The first kappa shape index (κ1) is 22.4. The predicted octanol–water partition coefficient (Wildman–Crippen LogP) is 4.37. The molecule has 1 atom stereocenters. The van der Waals surface area contributed by atoms with Crippen LogP contribution in [0.15, 0.2) is 83.7 Å². The molecule has 4 aromatic rings. The maximum atomic E-state index is 13.6. The fourth-order valence-electron chi connectivity index (χ4n) is 3.82. The second-order valence-electron chi connectivity index (χ2n) is 7.64. The highest BCUT2D eigenvalue weighted by molar-refractivity contribution is 5.94. The highest BCUT2D eigenvalue weighted by Gasteiger charge is 2.27. The minimum absolute atomic E-state index is 0.201. The number of nitrogens with zero attached hydrogens (tertiary/aromatic N) is 3. The summed E-state index contributed by atoms with van der Waals surface area (Å²) in [5.74, 6) is -0.227. The number of para-hydroxylation sites is 1. The quantitative estimate of drug-likeness (QED) is 0.424. The van der Waals surface area contributed by atoms with Crippen molar-refractivity contribution in [1.29, 1.82) is 0 Å². The zero-order valence-electron chi connectivity index (χ0n) is 18.4. The molecule has 0 saturated carbocycles. The van der Waals surface area contributed by atoms with Gasteiger partial charge in [0.25, 0.3) is 11.5 Å². The maximum Gasteiger partial charge on any atom is 0.266 e. The Labute approximate surface area is 190 Å². The van der Waals surface area contributed by atoms with E-state index < -0.39 is 11.9 Å². The summed E-state index contributed by atoms with van der Waals surface area (Å²) in [5, 5.41) is 0.440. The number of hydrogen-bond donors (Lipinski definition) is 0. The third kappa shape index (κ3) is 4.54. The van der Waals surface area contributed by atoms with Gasteiger partial charge in [-0.2, -0.15) is 0 Å². The van der Waals surface area contributed by atoms with Gasteiger partial charge in [-0.25, -0.2) is 9.37 Å². The van der Waals surface area contributed by atoms with Crippen molar-refractivity contribution in [3.8, 4) is 5.69 Å². The van der Waals surface area contributed by atoms with Crippen LogP contribution in [0.2, 0.25) is 0 Å². The molecule has 0 aliphatic heterocycles. The molecule has 7 heteroatoms. The Hall–Kier alpha value is -3.84. The lowest BCUT2D eigenvalue weighted by molar-refractivity contribution is 0.0605. The molecular formula is C26H24FN3O3. The average Bonchev–Trinajstić information content (AvgIpc) is 2.85. The van der Waals surface area contributed by atoms with Crippen molar-refractivity contribution in [1.82, 2.24) is 14.5 Å². The van der Waals surface area contributed by atoms with Crippen molar-refractivity contribution < 1.29 is 13.9 Å². The van der Waals surface area contributed by atoms with Gasteiger partial charge in [0.05, 0.1) is 29.2 Å². The van der Waals surface area contributed by atoms with Gasteiger partial charge in [0.1, 0.15) is 11.6 Å². The van der Waals surface area contributed by atoms with Crippen molar-refractivity contribution in [2.75, 3.05) is 20.3 Å². The van der Waals surface area contributed by atoms with Gasteiger partial charge in [-0.05, 0) is 55.5 Å². The van der Waals surface area contributed by atoms with Crippen LogP contribution in [0.25, 0.3) is 16.6 Å². The summed E-state index contributed by atoms with van der Waals surface area (Å²) < 4.78 is 20.3. The van der Waals surface area contributed by atoms with E-state index in [0.717, 1.165) is 0 Å². The van der Waals surface area contributed by atoms with E-state index in [4.69, 9.17) is 9.72 Å². The third-order valence-electron chi connectivity index (χ3n) is 5.55. The Morgan fingerprint density at radius 1 is 1.03 bits per heavy atom. The molecule has 1 unspecified atom stereocenters. The summed E-state index contributed by atoms with van der Waals surface area (Å²) in [7, 11) is 1.57. The van der Waals surface area contributed by atoms with E-state index in [0.29, 0.717) is 41.1 Å². The molecule has 6 nitrogen and oxygen atoms in total. The first-order chi connectivity index (χ1) is 16.0. The van der Waals surface area contributed by atoms with Gasteiger partial charge in [0.15, 0.2) is 0 Å². The zero-order valence-corrected chi connectivity index (χ0v) is 18.4. The van der Waals surface area contributed by atoms with Gasteiger partial charge in [-0.15, -0.1) is 0 Å². The number of methoxy groups -OCH3 is 1. The van der Waals surface area contributed by atoms with Gasteiger partial charge in [-0.3, -0.25) is 14.2 Å². The Balaban J connectivity index is 1.90. The van der Waals surface area contributed by atoms with Crippen LogP contribution < -0.4 is 5.56 Å². The number of hydrogen-bond acceptors (Lipinski definition) is 4. The first-order valence-corrected chi connectivity index (χ1v) is 10.6. The number of aromatic nitrogens is 2. The molecule has 1 heterocycles. The van der Waals surface area contributed by atoms with E-state index in [1.54, 1.807) is 54.5 Å². The Morgan fingerprint density at radius 2 is 1.70 bits per heavy atom. The molecular weight excluding hydrogens is 421 g/mol. The highest BCUT2D eigenvalue weighted by atomic mass is 19.1. The molecule has 33 heavy (non-hydrogen) atoms. The minimum atomic E-state index is -0.574. The lowest BCUT2D eigenvalue weighted by Crippen LogP contribution is -2.39. The highest BCUT2D eigenvalue weighted by Crippen LogP contribution is 2.24. The smallest absolute Gasteiger partial charge is 0.266 e. The summed E-state index contributed by atoms with van der Waals surface area (Å²) >= 11 is 0. The number of halogens is 1. The summed E-state index contributed by atoms with van der Waals surface area (Å²) in [4.78, 5) is 33.3. The van der Waals surface area contributed by atoms with Crippen LogP contribution in [0.5, 0.6) is 0 Å². The molecule has 0 aliphatic rings. The Morgan fingerprint density at radius 3 is 2.39 bits per heavy atom. The molecule has 0 aliphatic carbocycles. The molecule has 0 N–H and O–H groups in total. The van der Waals surface area contributed by atoms with E-state index in [1.165, 1.54) is 28.8 Å². The second kappa shape index (κ2) is 9.75. The van der Waals surface area contributed by atoms with Crippen LogP contribution in [0.1, 0.15) is 29.1 Å². The van der Waals surface area contributed by atoms with E-state index >= 15 is 0 Å². The molecule has 1 amide bonds. The zero-order chi connectivity index (χ0) is 23.4. The van der Waals surface area contributed by atoms with E-state index in [9.17, 15) is 14.0 Å². The number of carbonyl (C=O) groups is 1. The molecule has 3 aromatic carbocycles. The van der Waals surface area contributed by atoms with Crippen molar-refractivity contribution in [2.24, 2.45) is 0 Å². The topological polar surface area (TPSA) is 64.4 Å². The van der Waals surface area contributed by atoms with Crippen molar-refractivity contribution in [3.05, 3.63) is 106 Å². The van der Waals surface area contributed by atoms with Gasteiger partial charge < -0.3 is 9.64 Å². The minimum Gasteiger partial charge on any atom is -0.383 e. The standard InChI is InChI=1S/C26H24FN3O3/c1-18(29(16-17-33-2)25(31)19-8-4-3-5-9-19)24-28-23-11-7-6-10-22(23)26(32)30(24)21-14-12-20(27)13-15-21/h3-15,18H,16-17H2,1-2H3. The molecule has 0 spiro atoms. The summed E-state index contributed by atoms with van der Waals surface area (Å²) in [6, 6.07) is 21.1. The van der Waals surface area contributed by atoms with Crippen molar-refractivity contribution in [3.63, 3.8) is 0 Å². The number of rotatable bonds is 7. The van der Waals surface area contributed by atoms with Crippen molar-refractivity contribution >= 4 is 16.8 Å². The second-order valence-corrected chi connectivity index (χ2v) is 7.64. The van der Waals surface area contributed by atoms with Crippen molar-refractivity contribution in [2.45, 2.75) is 13.0 Å². The lowest BCUT2D eigenvalue weighted by Gasteiger charge is -2.30. The SMILES string of the molecule is COCCN(C(=O)c1ccccc1)C(C)c1nc2ccccc2c(=O)n1-c1ccc(F)cc1. The van der Waals surface area contributed by atoms with Gasteiger partial charge in [-0.1, -0.05) is 30.3 Å². The molecule has 168 valence electrons. The summed E-state index contributed by atoms with van der Waals surface area (Å²) in [6.07, 6.45) is 0. The number of benzene rings is 3. The van der Waals surface area contributed by atoms with Gasteiger partial charge in [0.2, 0.25) is 0 Å². The average molecular weight is 445 g/mol. The van der Waals surface area contributed by atoms with E-state index in [2.05, 4.69) is 0 Å². The van der Waals surface area contributed by atoms with Gasteiger partial charge in [0, 0.05) is 19.2 Å². The third-order valence-corrected chi connectivity index (χ3v) is 5.55. The number of ether oxygens (including phenoxy) is 1. The monoisotopic (exact) mass is 445 g/mol. The van der Waals surface area contributed by atoms with E-state index in [1.807, 2.05) is 19.1 Å². The summed E-state index contributed by atoms with van der Waals surface area (Å²) in [6.45, 7) is 2.45. The fraction of sp³-hybridized carbons (Fsp3) is 0.192. The van der Waals surface area contributed by atoms with Crippen LogP contribution in [-0.2, 0) is 4.74 Å². The molecule has 0 saturated heterocycles. The molecule has 0 bridgehead atoms.